The van der Waals surface area contributed by atoms with Crippen molar-refractivity contribution in [2.75, 3.05) is 7.11 Å². The van der Waals surface area contributed by atoms with E-state index in [4.69, 9.17) is 5.11 Å². The van der Waals surface area contributed by atoms with Crippen LogP contribution in [0.4, 0.5) is 11.4 Å². The third-order valence-corrected chi connectivity index (χ3v) is 1.90. The van der Waals surface area contributed by atoms with Crippen LogP contribution in [-0.4, -0.2) is 28.0 Å². The molecule has 9 nitrogen and oxygen atoms in total. The number of nitro groups is 2. The standard InChI is InChI=1S/C8H6N2O7/c1-17-7-5(8(11)12)2-4(9(13)14)3-6(7)10(15)16/h2-3H,1H3,(H,11,12). The molecule has 0 spiro atoms. The van der Waals surface area contributed by atoms with Gasteiger partial charge in [0, 0.05) is 6.07 Å². The number of nitrogens with zero attached hydrogens (tertiary/aromatic N) is 2. The van der Waals surface area contributed by atoms with Crippen LogP contribution in [0.3, 0.4) is 0 Å². The first-order valence-electron chi connectivity index (χ1n) is 4.12. The highest BCUT2D eigenvalue weighted by Crippen LogP contribution is 2.35. The fourth-order valence-corrected chi connectivity index (χ4v) is 1.21. The number of benzene rings is 1. The average molecular weight is 242 g/mol. The van der Waals surface area contributed by atoms with Crippen LogP contribution >= 0.6 is 0 Å². The molecule has 0 saturated carbocycles. The molecule has 90 valence electrons. The Labute approximate surface area is 93.5 Å². The molecule has 0 fully saturated rings. The molecule has 1 N–H and O–H groups in total. The maximum Gasteiger partial charge on any atom is 0.340 e. The van der Waals surface area contributed by atoms with Gasteiger partial charge in [-0.05, 0) is 0 Å². The van der Waals surface area contributed by atoms with Crippen LogP contribution in [0.25, 0.3) is 0 Å². The van der Waals surface area contributed by atoms with Crippen LogP contribution in [-0.2, 0) is 0 Å². The summed E-state index contributed by atoms with van der Waals surface area (Å²) in [4.78, 5) is 30.1. The average Bonchev–Trinajstić information content (AvgIpc) is 2.26. The zero-order chi connectivity index (χ0) is 13.2. The third kappa shape index (κ3) is 2.27. The van der Waals surface area contributed by atoms with Gasteiger partial charge in [-0.15, -0.1) is 0 Å². The molecule has 0 saturated heterocycles. The van der Waals surface area contributed by atoms with Crippen molar-refractivity contribution in [2.45, 2.75) is 0 Å². The van der Waals surface area contributed by atoms with Crippen LogP contribution < -0.4 is 4.74 Å². The number of methoxy groups -OCH3 is 1. The predicted molar refractivity (Wildman–Crippen MR) is 53.3 cm³/mol. The highest BCUT2D eigenvalue weighted by molar-refractivity contribution is 5.93. The molecule has 17 heavy (non-hydrogen) atoms. The topological polar surface area (TPSA) is 133 Å². The second kappa shape index (κ2) is 4.43. The van der Waals surface area contributed by atoms with E-state index in [-0.39, 0.29) is 0 Å². The summed E-state index contributed by atoms with van der Waals surface area (Å²) in [6.45, 7) is 0. The number of rotatable bonds is 4. The van der Waals surface area contributed by atoms with Crippen molar-refractivity contribution in [3.8, 4) is 5.75 Å². The molecule has 1 aromatic rings. The lowest BCUT2D eigenvalue weighted by molar-refractivity contribution is -0.394. The molecule has 0 radical (unpaired) electrons. The summed E-state index contributed by atoms with van der Waals surface area (Å²) in [5.41, 5.74) is -2.08. The van der Waals surface area contributed by atoms with Crippen molar-refractivity contribution in [2.24, 2.45) is 0 Å². The molecule has 0 aromatic heterocycles. The largest absolute Gasteiger partial charge is 0.490 e. The first-order valence-corrected chi connectivity index (χ1v) is 4.12. The molecule has 0 aliphatic heterocycles. The van der Waals surface area contributed by atoms with Gasteiger partial charge in [0.2, 0.25) is 5.75 Å². The Balaban J connectivity index is 3.63. The van der Waals surface area contributed by atoms with E-state index in [1.807, 2.05) is 0 Å². The fraction of sp³-hybridized carbons (Fsp3) is 0.125. The molecule has 0 aliphatic carbocycles. The van der Waals surface area contributed by atoms with Crippen molar-refractivity contribution in [3.63, 3.8) is 0 Å². The van der Waals surface area contributed by atoms with E-state index in [1.54, 1.807) is 0 Å². The lowest BCUT2D eigenvalue weighted by Gasteiger charge is -2.05. The van der Waals surface area contributed by atoms with Crippen molar-refractivity contribution in [3.05, 3.63) is 37.9 Å². The minimum absolute atomic E-state index is 0.520. The number of non-ortho nitro benzene ring substituents is 1. The Bertz CT molecular complexity index is 476. The van der Waals surface area contributed by atoms with Crippen molar-refractivity contribution < 1.29 is 24.5 Å². The van der Waals surface area contributed by atoms with Gasteiger partial charge in [-0.3, -0.25) is 20.2 Å². The summed E-state index contributed by atoms with van der Waals surface area (Å²) in [5.74, 6) is -2.07. The zero-order valence-corrected chi connectivity index (χ0v) is 8.45. The first kappa shape index (κ1) is 12.4. The summed E-state index contributed by atoms with van der Waals surface area (Å²) in [6, 6.07) is 1.35. The van der Waals surface area contributed by atoms with Gasteiger partial charge in [-0.25, -0.2) is 4.79 Å². The number of nitro benzene ring substituents is 2. The molecular formula is C8H6N2O7. The van der Waals surface area contributed by atoms with Crippen LogP contribution in [0.1, 0.15) is 10.4 Å². The number of carboxylic acids is 1. The second-order valence-corrected chi connectivity index (χ2v) is 2.87. The number of hydrogen-bond acceptors (Lipinski definition) is 6. The van der Waals surface area contributed by atoms with E-state index in [1.165, 1.54) is 0 Å². The monoisotopic (exact) mass is 242 g/mol. The maximum atomic E-state index is 10.8. The van der Waals surface area contributed by atoms with Gasteiger partial charge in [0.15, 0.2) is 0 Å². The Hall–Kier alpha value is -2.71. The predicted octanol–water partition coefficient (Wildman–Crippen LogP) is 1.21. The fourth-order valence-electron chi connectivity index (χ4n) is 1.21. The van der Waals surface area contributed by atoms with Gasteiger partial charge in [0.05, 0.1) is 23.0 Å². The Morgan fingerprint density at radius 2 is 1.88 bits per heavy atom. The molecule has 1 rings (SSSR count). The Morgan fingerprint density at radius 1 is 1.29 bits per heavy atom. The summed E-state index contributed by atoms with van der Waals surface area (Å²) >= 11 is 0. The van der Waals surface area contributed by atoms with Crippen LogP contribution in [0, 0.1) is 20.2 Å². The van der Waals surface area contributed by atoms with E-state index in [9.17, 15) is 25.0 Å². The maximum absolute atomic E-state index is 10.8. The number of aromatic carboxylic acids is 1. The highest BCUT2D eigenvalue weighted by atomic mass is 16.6. The molecule has 0 unspecified atom stereocenters. The second-order valence-electron chi connectivity index (χ2n) is 2.87. The smallest absolute Gasteiger partial charge is 0.340 e. The molecular weight excluding hydrogens is 236 g/mol. The lowest BCUT2D eigenvalue weighted by atomic mass is 10.1. The molecule has 0 bridgehead atoms. The van der Waals surface area contributed by atoms with Crippen molar-refractivity contribution in [1.29, 1.82) is 0 Å². The molecule has 0 atom stereocenters. The number of hydrogen-bond donors (Lipinski definition) is 1. The summed E-state index contributed by atoms with van der Waals surface area (Å²) < 4.78 is 4.59. The Morgan fingerprint density at radius 3 is 2.24 bits per heavy atom. The van der Waals surface area contributed by atoms with Gasteiger partial charge in [-0.2, -0.15) is 0 Å². The van der Waals surface area contributed by atoms with E-state index in [0.29, 0.717) is 12.1 Å². The highest BCUT2D eigenvalue weighted by Gasteiger charge is 2.28. The molecule has 9 heteroatoms. The Kier molecular flexibility index (Phi) is 3.22. The van der Waals surface area contributed by atoms with E-state index < -0.39 is 38.5 Å². The number of carboxylic acid groups (broad SMARTS) is 1. The van der Waals surface area contributed by atoms with Gasteiger partial charge >= 0.3 is 11.7 Å². The van der Waals surface area contributed by atoms with E-state index >= 15 is 0 Å². The van der Waals surface area contributed by atoms with E-state index in [2.05, 4.69) is 4.74 Å². The minimum Gasteiger partial charge on any atom is -0.490 e. The zero-order valence-electron chi connectivity index (χ0n) is 8.45. The third-order valence-electron chi connectivity index (χ3n) is 1.90. The van der Waals surface area contributed by atoms with Gasteiger partial charge in [-0.1, -0.05) is 0 Å². The molecule has 0 heterocycles. The summed E-state index contributed by atoms with van der Waals surface area (Å²) in [6.07, 6.45) is 0. The van der Waals surface area contributed by atoms with Crippen molar-refractivity contribution in [1.82, 2.24) is 0 Å². The summed E-state index contributed by atoms with van der Waals surface area (Å²) in [5, 5.41) is 29.9. The lowest BCUT2D eigenvalue weighted by Crippen LogP contribution is -2.05. The van der Waals surface area contributed by atoms with Gasteiger partial charge in [0.25, 0.3) is 5.69 Å². The molecule has 1 aromatic carbocycles. The number of carbonyl (C=O) groups is 1. The quantitative estimate of drug-likeness (QED) is 0.619. The number of ether oxygens (including phenoxy) is 1. The molecule has 0 aliphatic rings. The van der Waals surface area contributed by atoms with Gasteiger partial charge in [0.1, 0.15) is 5.56 Å². The normalized spacial score (nSPS) is 9.71. The van der Waals surface area contributed by atoms with Crippen LogP contribution in [0.5, 0.6) is 5.75 Å². The SMILES string of the molecule is COc1c(C(=O)O)cc([N+](=O)[O-])cc1[N+](=O)[O-]. The first-order chi connectivity index (χ1) is 7.88. The van der Waals surface area contributed by atoms with Crippen LogP contribution in [0.15, 0.2) is 12.1 Å². The van der Waals surface area contributed by atoms with Crippen molar-refractivity contribution >= 4 is 17.3 Å². The minimum atomic E-state index is -1.55. The summed E-state index contributed by atoms with van der Waals surface area (Å²) in [7, 11) is 1.04. The van der Waals surface area contributed by atoms with Gasteiger partial charge < -0.3 is 9.84 Å². The van der Waals surface area contributed by atoms with E-state index in [0.717, 1.165) is 7.11 Å². The van der Waals surface area contributed by atoms with Crippen LogP contribution in [0.2, 0.25) is 0 Å². The molecule has 0 amide bonds.